The van der Waals surface area contributed by atoms with Gasteiger partial charge in [0.1, 0.15) is 0 Å². The molecule has 8 heteroatoms. The van der Waals surface area contributed by atoms with Crippen LogP contribution in [-0.4, -0.2) is 19.3 Å². The predicted molar refractivity (Wildman–Crippen MR) is 84.8 cm³/mol. The van der Waals surface area contributed by atoms with Gasteiger partial charge in [-0.3, -0.25) is 4.79 Å². The zero-order valence-electron chi connectivity index (χ0n) is 11.9. The summed E-state index contributed by atoms with van der Waals surface area (Å²) in [7, 11) is -3.71. The van der Waals surface area contributed by atoms with E-state index in [1.807, 2.05) is 6.92 Å². The minimum Gasteiger partial charge on any atom is -0.392 e. The van der Waals surface area contributed by atoms with Crippen molar-refractivity contribution in [2.45, 2.75) is 31.7 Å². The van der Waals surface area contributed by atoms with E-state index in [9.17, 15) is 13.2 Å². The lowest BCUT2D eigenvalue weighted by molar-refractivity contribution is -0.127. The molecule has 6 nitrogen and oxygen atoms in total. The maximum absolute atomic E-state index is 12.1. The predicted octanol–water partition coefficient (Wildman–Crippen LogP) is 0.653. The van der Waals surface area contributed by atoms with Crippen molar-refractivity contribution < 1.29 is 13.2 Å². The molecule has 1 aromatic carbocycles. The summed E-state index contributed by atoms with van der Waals surface area (Å²) in [5.74, 6) is -0.256. The van der Waals surface area contributed by atoms with Gasteiger partial charge in [0, 0.05) is 6.54 Å². The number of benzene rings is 1. The van der Waals surface area contributed by atoms with Crippen LogP contribution in [0.1, 0.15) is 25.8 Å². The third-order valence-corrected chi connectivity index (χ3v) is 4.84. The van der Waals surface area contributed by atoms with E-state index in [4.69, 9.17) is 23.1 Å². The molecule has 1 atom stereocenters. The fraction of sp³-hybridized carbons (Fsp3) is 0.385. The molecule has 1 rings (SSSR count). The van der Waals surface area contributed by atoms with Gasteiger partial charge in [-0.2, -0.15) is 0 Å². The van der Waals surface area contributed by atoms with Gasteiger partial charge in [0.2, 0.25) is 15.9 Å². The summed E-state index contributed by atoms with van der Waals surface area (Å²) in [5.41, 5.74) is 5.46. The van der Waals surface area contributed by atoms with E-state index in [0.717, 1.165) is 5.56 Å². The molecule has 5 N–H and O–H groups in total. The number of carbonyl (C=O) groups is 1. The van der Waals surface area contributed by atoms with Crippen molar-refractivity contribution in [3.05, 3.63) is 29.8 Å². The van der Waals surface area contributed by atoms with Crippen LogP contribution in [-0.2, 0) is 21.4 Å². The SMILES string of the molecule is CCC(C)(C(=O)NCc1ccc(S(N)(=O)=O)cc1)C(N)=S. The lowest BCUT2D eigenvalue weighted by Crippen LogP contribution is -2.46. The minimum absolute atomic E-state index is 0.0270. The average molecular weight is 329 g/mol. The standard InChI is InChI=1S/C13H19N3O3S2/c1-3-13(2,11(14)20)12(17)16-8-9-4-6-10(7-5-9)21(15,18)19/h4-7H,3,8H2,1-2H3,(H2,14,20)(H,16,17)(H2,15,18,19). The molecule has 0 aliphatic heterocycles. The molecule has 0 aliphatic rings. The van der Waals surface area contributed by atoms with Crippen molar-refractivity contribution in [3.8, 4) is 0 Å². The van der Waals surface area contributed by atoms with E-state index < -0.39 is 15.4 Å². The van der Waals surface area contributed by atoms with Crippen LogP contribution in [0.2, 0.25) is 0 Å². The Balaban J connectivity index is 2.76. The fourth-order valence-corrected chi connectivity index (χ4v) is 2.37. The van der Waals surface area contributed by atoms with Crippen molar-refractivity contribution >= 4 is 33.1 Å². The maximum Gasteiger partial charge on any atom is 0.238 e. The van der Waals surface area contributed by atoms with Crippen LogP contribution in [0.25, 0.3) is 0 Å². The Morgan fingerprint density at radius 3 is 2.24 bits per heavy atom. The number of primary sulfonamides is 1. The molecule has 0 radical (unpaired) electrons. The fourth-order valence-electron chi connectivity index (χ4n) is 1.62. The number of thiocarbonyl (C=S) groups is 1. The Kier molecular flexibility index (Phi) is 5.43. The summed E-state index contributed by atoms with van der Waals surface area (Å²) in [6, 6.07) is 5.96. The van der Waals surface area contributed by atoms with Crippen LogP contribution in [0, 0.1) is 5.41 Å². The summed E-state index contributed by atoms with van der Waals surface area (Å²) in [4.78, 5) is 12.3. The number of carbonyl (C=O) groups excluding carboxylic acids is 1. The highest BCUT2D eigenvalue weighted by Gasteiger charge is 2.34. The number of sulfonamides is 1. The van der Waals surface area contributed by atoms with Crippen LogP contribution in [0.15, 0.2) is 29.2 Å². The molecule has 0 bridgehead atoms. The van der Waals surface area contributed by atoms with Gasteiger partial charge in [-0.1, -0.05) is 31.3 Å². The van der Waals surface area contributed by atoms with E-state index in [2.05, 4.69) is 5.32 Å². The van der Waals surface area contributed by atoms with Gasteiger partial charge < -0.3 is 11.1 Å². The van der Waals surface area contributed by atoms with Crippen LogP contribution in [0.3, 0.4) is 0 Å². The van der Waals surface area contributed by atoms with E-state index in [1.165, 1.54) is 12.1 Å². The number of nitrogens with two attached hydrogens (primary N) is 2. The van der Waals surface area contributed by atoms with Crippen molar-refractivity contribution in [1.29, 1.82) is 0 Å². The first-order chi connectivity index (χ1) is 9.61. The van der Waals surface area contributed by atoms with Gasteiger partial charge in [0.25, 0.3) is 0 Å². The van der Waals surface area contributed by atoms with Gasteiger partial charge >= 0.3 is 0 Å². The molecule has 21 heavy (non-hydrogen) atoms. The zero-order chi connectivity index (χ0) is 16.3. The number of amides is 1. The normalized spacial score (nSPS) is 14.2. The van der Waals surface area contributed by atoms with Crippen LogP contribution in [0.5, 0.6) is 0 Å². The van der Waals surface area contributed by atoms with E-state index in [-0.39, 0.29) is 22.3 Å². The summed E-state index contributed by atoms with van der Waals surface area (Å²) in [5, 5.41) is 7.75. The number of hydrogen-bond acceptors (Lipinski definition) is 4. The van der Waals surface area contributed by atoms with E-state index in [0.29, 0.717) is 6.42 Å². The second kappa shape index (κ2) is 6.50. The minimum atomic E-state index is -3.71. The number of hydrogen-bond donors (Lipinski definition) is 3. The lowest BCUT2D eigenvalue weighted by atomic mass is 9.86. The quantitative estimate of drug-likeness (QED) is 0.663. The van der Waals surface area contributed by atoms with Gasteiger partial charge in [0.15, 0.2) is 0 Å². The summed E-state index contributed by atoms with van der Waals surface area (Å²) < 4.78 is 22.3. The van der Waals surface area contributed by atoms with Crippen molar-refractivity contribution in [3.63, 3.8) is 0 Å². The third-order valence-electron chi connectivity index (χ3n) is 3.46. The first-order valence-corrected chi connectivity index (χ1v) is 8.26. The molecular weight excluding hydrogens is 310 g/mol. The molecule has 0 fully saturated rings. The molecule has 0 aromatic heterocycles. The molecule has 1 aromatic rings. The Labute approximate surface area is 129 Å². The maximum atomic E-state index is 12.1. The highest BCUT2D eigenvalue weighted by molar-refractivity contribution is 7.89. The Morgan fingerprint density at radius 2 is 1.86 bits per heavy atom. The summed E-state index contributed by atoms with van der Waals surface area (Å²) in [6.07, 6.45) is 0.499. The monoisotopic (exact) mass is 329 g/mol. The van der Waals surface area contributed by atoms with Gasteiger partial charge in [-0.25, -0.2) is 13.6 Å². The molecular formula is C13H19N3O3S2. The van der Waals surface area contributed by atoms with Crippen molar-refractivity contribution in [2.24, 2.45) is 16.3 Å². The molecule has 1 unspecified atom stereocenters. The molecule has 0 saturated heterocycles. The Morgan fingerprint density at radius 1 is 1.33 bits per heavy atom. The van der Waals surface area contributed by atoms with Crippen molar-refractivity contribution in [2.75, 3.05) is 0 Å². The van der Waals surface area contributed by atoms with Gasteiger partial charge in [-0.05, 0) is 31.0 Å². The van der Waals surface area contributed by atoms with Crippen LogP contribution in [0.4, 0.5) is 0 Å². The zero-order valence-corrected chi connectivity index (χ0v) is 13.6. The largest absolute Gasteiger partial charge is 0.392 e. The Bertz CT molecular complexity index is 641. The third kappa shape index (κ3) is 4.23. The highest BCUT2D eigenvalue weighted by Crippen LogP contribution is 2.21. The first-order valence-electron chi connectivity index (χ1n) is 6.31. The van der Waals surface area contributed by atoms with Crippen LogP contribution >= 0.6 is 12.2 Å². The number of rotatable bonds is 6. The molecule has 0 spiro atoms. The smallest absolute Gasteiger partial charge is 0.238 e. The molecule has 116 valence electrons. The second-order valence-electron chi connectivity index (χ2n) is 4.92. The van der Waals surface area contributed by atoms with E-state index in [1.54, 1.807) is 19.1 Å². The average Bonchev–Trinajstić information content (AvgIpc) is 2.43. The molecule has 0 aliphatic carbocycles. The lowest BCUT2D eigenvalue weighted by Gasteiger charge is -2.25. The topological polar surface area (TPSA) is 115 Å². The van der Waals surface area contributed by atoms with Crippen LogP contribution < -0.4 is 16.2 Å². The van der Waals surface area contributed by atoms with Crippen molar-refractivity contribution in [1.82, 2.24) is 5.32 Å². The number of nitrogens with one attached hydrogen (secondary N) is 1. The highest BCUT2D eigenvalue weighted by atomic mass is 32.2. The molecule has 0 heterocycles. The Hall–Kier alpha value is -1.51. The second-order valence-corrected chi connectivity index (χ2v) is 6.92. The molecule has 0 saturated carbocycles. The first kappa shape index (κ1) is 17.5. The summed E-state index contributed by atoms with van der Waals surface area (Å²) >= 11 is 4.93. The van der Waals surface area contributed by atoms with Gasteiger partial charge in [0.05, 0.1) is 15.3 Å². The van der Waals surface area contributed by atoms with E-state index >= 15 is 0 Å². The van der Waals surface area contributed by atoms with Gasteiger partial charge in [-0.15, -0.1) is 0 Å². The molecule has 1 amide bonds. The summed E-state index contributed by atoms with van der Waals surface area (Å²) in [6.45, 7) is 3.77.